The number of hydrogen-bond acceptors (Lipinski definition) is 1. The second-order valence-corrected chi connectivity index (χ2v) is 7.96. The van der Waals surface area contributed by atoms with Gasteiger partial charge in [0.15, 0.2) is 0 Å². The van der Waals surface area contributed by atoms with E-state index < -0.39 is 0 Å². The molecule has 0 saturated carbocycles. The van der Waals surface area contributed by atoms with Gasteiger partial charge in [0.2, 0.25) is 0 Å². The van der Waals surface area contributed by atoms with Gasteiger partial charge in [-0.15, -0.1) is 0 Å². The van der Waals surface area contributed by atoms with Crippen molar-refractivity contribution in [1.29, 1.82) is 0 Å². The molecular formula is C25H28O. The summed E-state index contributed by atoms with van der Waals surface area (Å²) in [7, 11) is 1.71. The number of ether oxygens (including phenoxy) is 1. The molecule has 0 bridgehead atoms. The van der Waals surface area contributed by atoms with Crippen molar-refractivity contribution in [3.05, 3.63) is 101 Å². The SMILES string of the molecule is COc1ccc(C(c2ccccc2)(c2ccc(C)cc2)C(C)(C)C)cc1. The van der Waals surface area contributed by atoms with Crippen molar-refractivity contribution in [2.75, 3.05) is 7.11 Å². The molecule has 0 fully saturated rings. The molecule has 3 aromatic carbocycles. The molecule has 0 N–H and O–H groups in total. The molecule has 1 heteroatoms. The standard InChI is InChI=1S/C25H28O/c1-19-11-13-21(14-12-19)25(24(2,3)4,20-9-7-6-8-10-20)22-15-17-23(26-5)18-16-22/h6-18H,1-5H3. The molecule has 0 amide bonds. The summed E-state index contributed by atoms with van der Waals surface area (Å²) in [4.78, 5) is 0. The molecule has 3 aromatic rings. The summed E-state index contributed by atoms with van der Waals surface area (Å²) in [6.07, 6.45) is 0. The van der Waals surface area contributed by atoms with E-state index in [1.807, 2.05) is 0 Å². The highest BCUT2D eigenvalue weighted by Crippen LogP contribution is 2.51. The van der Waals surface area contributed by atoms with Crippen LogP contribution in [0.3, 0.4) is 0 Å². The van der Waals surface area contributed by atoms with Crippen LogP contribution in [0.5, 0.6) is 5.75 Å². The molecule has 0 aliphatic carbocycles. The van der Waals surface area contributed by atoms with E-state index in [1.165, 1.54) is 22.3 Å². The average molecular weight is 344 g/mol. The molecule has 26 heavy (non-hydrogen) atoms. The summed E-state index contributed by atoms with van der Waals surface area (Å²) in [5, 5.41) is 0. The Hall–Kier alpha value is -2.54. The van der Waals surface area contributed by atoms with Crippen LogP contribution < -0.4 is 4.74 Å². The highest BCUT2D eigenvalue weighted by atomic mass is 16.5. The third kappa shape index (κ3) is 3.03. The third-order valence-electron chi connectivity index (χ3n) is 5.34. The zero-order valence-corrected chi connectivity index (χ0v) is 16.4. The smallest absolute Gasteiger partial charge is 0.118 e. The Kier molecular flexibility index (Phi) is 4.91. The van der Waals surface area contributed by atoms with Crippen molar-refractivity contribution in [3.8, 4) is 5.75 Å². The first-order valence-electron chi connectivity index (χ1n) is 9.17. The van der Waals surface area contributed by atoms with Crippen LogP contribution in [0, 0.1) is 12.3 Å². The van der Waals surface area contributed by atoms with Gasteiger partial charge in [0.25, 0.3) is 0 Å². The van der Waals surface area contributed by atoms with Gasteiger partial charge in [-0.05, 0) is 41.2 Å². The van der Waals surface area contributed by atoms with E-state index in [4.69, 9.17) is 4.74 Å². The minimum atomic E-state index is -0.256. The van der Waals surface area contributed by atoms with Crippen molar-refractivity contribution < 1.29 is 4.74 Å². The van der Waals surface area contributed by atoms with Gasteiger partial charge in [0.1, 0.15) is 5.75 Å². The molecule has 0 radical (unpaired) electrons. The van der Waals surface area contributed by atoms with Gasteiger partial charge in [-0.1, -0.05) is 93.1 Å². The minimum absolute atomic E-state index is 0.0296. The number of benzene rings is 3. The van der Waals surface area contributed by atoms with Crippen molar-refractivity contribution in [2.45, 2.75) is 33.1 Å². The Morgan fingerprint density at radius 2 is 1.08 bits per heavy atom. The van der Waals surface area contributed by atoms with E-state index in [0.29, 0.717) is 0 Å². The van der Waals surface area contributed by atoms with Gasteiger partial charge in [0, 0.05) is 5.41 Å². The van der Waals surface area contributed by atoms with E-state index in [1.54, 1.807) is 7.11 Å². The lowest BCUT2D eigenvalue weighted by Gasteiger charge is -2.47. The van der Waals surface area contributed by atoms with E-state index in [-0.39, 0.29) is 10.8 Å². The number of aryl methyl sites for hydroxylation is 1. The maximum atomic E-state index is 5.39. The maximum absolute atomic E-state index is 5.39. The van der Waals surface area contributed by atoms with Crippen LogP contribution in [0.1, 0.15) is 43.0 Å². The predicted molar refractivity (Wildman–Crippen MR) is 110 cm³/mol. The highest BCUT2D eigenvalue weighted by Gasteiger charge is 2.46. The van der Waals surface area contributed by atoms with Crippen LogP contribution >= 0.6 is 0 Å². The first kappa shape index (κ1) is 18.3. The fraction of sp³-hybridized carbons (Fsp3) is 0.280. The zero-order chi connectivity index (χ0) is 18.8. The summed E-state index contributed by atoms with van der Waals surface area (Å²) in [5.74, 6) is 0.883. The van der Waals surface area contributed by atoms with Gasteiger partial charge in [-0.2, -0.15) is 0 Å². The van der Waals surface area contributed by atoms with Crippen molar-refractivity contribution in [2.24, 2.45) is 5.41 Å². The predicted octanol–water partition coefficient (Wildman–Crippen LogP) is 6.38. The first-order valence-corrected chi connectivity index (χ1v) is 9.17. The number of rotatable bonds is 4. The third-order valence-corrected chi connectivity index (χ3v) is 5.34. The summed E-state index contributed by atoms with van der Waals surface area (Å²) < 4.78 is 5.39. The molecule has 0 saturated heterocycles. The molecule has 0 heterocycles. The lowest BCUT2D eigenvalue weighted by Crippen LogP contribution is -2.42. The second kappa shape index (κ2) is 6.99. The fourth-order valence-electron chi connectivity index (χ4n) is 4.13. The van der Waals surface area contributed by atoms with Gasteiger partial charge in [0.05, 0.1) is 7.11 Å². The van der Waals surface area contributed by atoms with E-state index in [9.17, 15) is 0 Å². The number of methoxy groups -OCH3 is 1. The largest absolute Gasteiger partial charge is 0.497 e. The quantitative estimate of drug-likeness (QED) is 0.499. The zero-order valence-electron chi connectivity index (χ0n) is 16.4. The normalized spacial score (nSPS) is 13.9. The molecule has 1 nitrogen and oxygen atoms in total. The molecule has 1 atom stereocenters. The average Bonchev–Trinajstić information content (AvgIpc) is 2.64. The van der Waals surface area contributed by atoms with E-state index >= 15 is 0 Å². The van der Waals surface area contributed by atoms with Crippen molar-refractivity contribution in [3.63, 3.8) is 0 Å². The Balaban J connectivity index is 2.36. The van der Waals surface area contributed by atoms with Crippen molar-refractivity contribution in [1.82, 2.24) is 0 Å². The molecular weight excluding hydrogens is 316 g/mol. The lowest BCUT2D eigenvalue weighted by atomic mass is 9.56. The summed E-state index contributed by atoms with van der Waals surface area (Å²) in [6.45, 7) is 9.11. The lowest BCUT2D eigenvalue weighted by molar-refractivity contribution is 0.272. The maximum Gasteiger partial charge on any atom is 0.118 e. The van der Waals surface area contributed by atoms with Crippen LogP contribution in [-0.2, 0) is 5.41 Å². The Labute approximate surface area is 157 Å². The second-order valence-electron chi connectivity index (χ2n) is 7.96. The molecule has 0 aliphatic rings. The van der Waals surface area contributed by atoms with Crippen molar-refractivity contribution >= 4 is 0 Å². The monoisotopic (exact) mass is 344 g/mol. The highest BCUT2D eigenvalue weighted by molar-refractivity contribution is 5.53. The van der Waals surface area contributed by atoms with Crippen LogP contribution in [0.4, 0.5) is 0 Å². The molecule has 0 spiro atoms. The van der Waals surface area contributed by atoms with Crippen LogP contribution in [0.25, 0.3) is 0 Å². The van der Waals surface area contributed by atoms with Crippen LogP contribution in [0.15, 0.2) is 78.9 Å². The van der Waals surface area contributed by atoms with Gasteiger partial charge < -0.3 is 4.74 Å². The molecule has 134 valence electrons. The molecule has 0 aromatic heterocycles. The molecule has 0 aliphatic heterocycles. The minimum Gasteiger partial charge on any atom is -0.497 e. The molecule has 3 rings (SSSR count). The van der Waals surface area contributed by atoms with Crippen LogP contribution in [-0.4, -0.2) is 7.11 Å². The van der Waals surface area contributed by atoms with Crippen LogP contribution in [0.2, 0.25) is 0 Å². The summed E-state index contributed by atoms with van der Waals surface area (Å²) in [6, 6.07) is 28.3. The summed E-state index contributed by atoms with van der Waals surface area (Å²) in [5.41, 5.74) is 4.89. The molecule has 1 unspecified atom stereocenters. The number of hydrogen-bond donors (Lipinski definition) is 0. The van der Waals surface area contributed by atoms with E-state index in [2.05, 4.69) is 107 Å². The van der Waals surface area contributed by atoms with Gasteiger partial charge in [-0.3, -0.25) is 0 Å². The first-order chi connectivity index (χ1) is 12.4. The Bertz CT molecular complexity index is 839. The van der Waals surface area contributed by atoms with Gasteiger partial charge >= 0.3 is 0 Å². The van der Waals surface area contributed by atoms with E-state index in [0.717, 1.165) is 5.75 Å². The van der Waals surface area contributed by atoms with Gasteiger partial charge in [-0.25, -0.2) is 0 Å². The Morgan fingerprint density at radius 3 is 1.54 bits per heavy atom. The fourth-order valence-corrected chi connectivity index (χ4v) is 4.13. The summed E-state index contributed by atoms with van der Waals surface area (Å²) >= 11 is 0. The Morgan fingerprint density at radius 1 is 0.615 bits per heavy atom. The topological polar surface area (TPSA) is 9.23 Å².